The van der Waals surface area contributed by atoms with Crippen LogP contribution in [0.5, 0.6) is 0 Å². The van der Waals surface area contributed by atoms with Gasteiger partial charge in [-0.25, -0.2) is 9.79 Å². The Morgan fingerprint density at radius 3 is 2.62 bits per heavy atom. The van der Waals surface area contributed by atoms with Gasteiger partial charge in [-0.3, -0.25) is 0 Å². The third-order valence-electron chi connectivity index (χ3n) is 5.11. The fraction of sp³-hybridized carbons (Fsp3) is 0.636. The third kappa shape index (κ3) is 7.93. The molecule has 7 nitrogen and oxygen atoms in total. The van der Waals surface area contributed by atoms with Gasteiger partial charge in [-0.05, 0) is 51.4 Å². The Bertz CT molecular complexity index is 656. The van der Waals surface area contributed by atoms with Crippen LogP contribution in [0.15, 0.2) is 29.3 Å². The third-order valence-corrected chi connectivity index (χ3v) is 5.11. The van der Waals surface area contributed by atoms with Crippen LogP contribution in [0.2, 0.25) is 0 Å². The number of likely N-dealkylation sites (tertiary alicyclic amines) is 1. The van der Waals surface area contributed by atoms with Crippen LogP contribution in [-0.2, 0) is 17.8 Å². The van der Waals surface area contributed by atoms with E-state index in [9.17, 15) is 4.79 Å². The van der Waals surface area contributed by atoms with E-state index in [-0.39, 0.29) is 6.09 Å². The number of piperidine rings is 1. The van der Waals surface area contributed by atoms with Crippen LogP contribution in [0.3, 0.4) is 0 Å². The molecule has 1 saturated heterocycles. The van der Waals surface area contributed by atoms with Crippen molar-refractivity contribution in [1.82, 2.24) is 20.4 Å². The number of hydrogen-bond acceptors (Lipinski definition) is 4. The van der Waals surface area contributed by atoms with Gasteiger partial charge in [0.25, 0.3) is 0 Å². The van der Waals surface area contributed by atoms with Crippen LogP contribution in [0.25, 0.3) is 0 Å². The summed E-state index contributed by atoms with van der Waals surface area (Å²) in [5.41, 5.74) is 2.52. The Hall–Kier alpha value is -2.28. The van der Waals surface area contributed by atoms with Crippen molar-refractivity contribution in [3.63, 3.8) is 0 Å². The summed E-state index contributed by atoms with van der Waals surface area (Å²) in [5, 5.41) is 6.86. The summed E-state index contributed by atoms with van der Waals surface area (Å²) in [7, 11) is 2.13. The molecule has 162 valence electrons. The molecule has 0 atom stereocenters. The Morgan fingerprint density at radius 1 is 1.24 bits per heavy atom. The molecule has 0 aromatic heterocycles. The lowest BCUT2D eigenvalue weighted by Crippen LogP contribution is -2.49. The molecule has 0 unspecified atom stereocenters. The summed E-state index contributed by atoms with van der Waals surface area (Å²) in [4.78, 5) is 20.7. The zero-order valence-electron chi connectivity index (χ0n) is 18.4. The molecule has 1 aromatic carbocycles. The molecule has 0 aliphatic carbocycles. The number of nitrogens with zero attached hydrogens (tertiary/aromatic N) is 3. The number of nitrogens with one attached hydrogen (secondary N) is 2. The maximum Gasteiger partial charge on any atom is 0.409 e. The molecule has 1 aliphatic rings. The SMILES string of the molecule is CCNC(=NCc1cccc(CN(C)CC)c1)NC1CCN(C(=O)OCC)CC1. The topological polar surface area (TPSA) is 69.2 Å². The van der Waals surface area contributed by atoms with Gasteiger partial charge in [-0.2, -0.15) is 0 Å². The molecule has 1 aromatic rings. The summed E-state index contributed by atoms with van der Waals surface area (Å²) in [6.45, 7) is 11.4. The van der Waals surface area contributed by atoms with Crippen molar-refractivity contribution in [2.24, 2.45) is 4.99 Å². The smallest absolute Gasteiger partial charge is 0.409 e. The average Bonchev–Trinajstić information content (AvgIpc) is 2.73. The number of carbonyl (C=O) groups is 1. The number of carbonyl (C=O) groups excluding carboxylic acids is 1. The second-order valence-corrected chi connectivity index (χ2v) is 7.45. The van der Waals surface area contributed by atoms with Crippen molar-refractivity contribution in [3.8, 4) is 0 Å². The lowest BCUT2D eigenvalue weighted by Gasteiger charge is -2.32. The fourth-order valence-electron chi connectivity index (χ4n) is 3.35. The number of guanidine groups is 1. The van der Waals surface area contributed by atoms with E-state index in [0.717, 1.165) is 38.4 Å². The molecule has 0 bridgehead atoms. The molecular formula is C22H37N5O2. The largest absolute Gasteiger partial charge is 0.450 e. The minimum absolute atomic E-state index is 0.208. The summed E-state index contributed by atoms with van der Waals surface area (Å²) >= 11 is 0. The van der Waals surface area contributed by atoms with E-state index in [2.05, 4.69) is 60.7 Å². The van der Waals surface area contributed by atoms with Crippen molar-refractivity contribution in [1.29, 1.82) is 0 Å². The Labute approximate surface area is 175 Å². The lowest BCUT2D eigenvalue weighted by molar-refractivity contribution is 0.0963. The van der Waals surface area contributed by atoms with Crippen molar-refractivity contribution in [3.05, 3.63) is 35.4 Å². The molecule has 1 heterocycles. The van der Waals surface area contributed by atoms with Crippen LogP contribution in [0.4, 0.5) is 4.79 Å². The van der Waals surface area contributed by atoms with Crippen LogP contribution in [0.1, 0.15) is 44.7 Å². The van der Waals surface area contributed by atoms with E-state index in [4.69, 9.17) is 9.73 Å². The number of rotatable bonds is 8. The van der Waals surface area contributed by atoms with Gasteiger partial charge in [-0.15, -0.1) is 0 Å². The average molecular weight is 404 g/mol. The van der Waals surface area contributed by atoms with E-state index >= 15 is 0 Å². The summed E-state index contributed by atoms with van der Waals surface area (Å²) in [6.07, 6.45) is 1.57. The summed E-state index contributed by atoms with van der Waals surface area (Å²) < 4.78 is 5.09. The highest BCUT2D eigenvalue weighted by Crippen LogP contribution is 2.12. The standard InChI is InChI=1S/C22H37N5O2/c1-5-23-21(25-20-11-13-27(14-12-20)22(28)29-7-3)24-16-18-9-8-10-19(15-18)17-26(4)6-2/h8-10,15,20H,5-7,11-14,16-17H2,1-4H3,(H2,23,24,25). The van der Waals surface area contributed by atoms with Crippen molar-refractivity contribution in [2.45, 2.75) is 52.7 Å². The summed E-state index contributed by atoms with van der Waals surface area (Å²) in [5.74, 6) is 0.832. The first kappa shape index (κ1) is 23.0. The van der Waals surface area contributed by atoms with Gasteiger partial charge in [0.05, 0.1) is 13.2 Å². The first-order valence-corrected chi connectivity index (χ1v) is 10.8. The van der Waals surface area contributed by atoms with Gasteiger partial charge in [0.2, 0.25) is 0 Å². The van der Waals surface area contributed by atoms with Gasteiger partial charge in [0.1, 0.15) is 0 Å². The lowest BCUT2D eigenvalue weighted by atomic mass is 10.1. The normalized spacial score (nSPS) is 15.5. The molecule has 1 aliphatic heterocycles. The Balaban J connectivity index is 1.90. The Morgan fingerprint density at radius 2 is 1.97 bits per heavy atom. The van der Waals surface area contributed by atoms with Crippen molar-refractivity contribution >= 4 is 12.1 Å². The molecule has 7 heteroatoms. The molecular weight excluding hydrogens is 366 g/mol. The molecule has 1 fully saturated rings. The fourth-order valence-corrected chi connectivity index (χ4v) is 3.35. The van der Waals surface area contributed by atoms with E-state index in [0.29, 0.717) is 32.3 Å². The van der Waals surface area contributed by atoms with Gasteiger partial charge in [-0.1, -0.05) is 31.2 Å². The molecule has 0 radical (unpaired) electrons. The quantitative estimate of drug-likeness (QED) is 0.516. The number of amides is 1. The van der Waals surface area contributed by atoms with Gasteiger partial charge >= 0.3 is 6.09 Å². The molecule has 2 N–H and O–H groups in total. The van der Waals surface area contributed by atoms with E-state index in [1.807, 2.05) is 6.92 Å². The Kier molecular flexibility index (Phi) is 9.77. The highest BCUT2D eigenvalue weighted by Gasteiger charge is 2.24. The minimum Gasteiger partial charge on any atom is -0.450 e. The van der Waals surface area contributed by atoms with Crippen molar-refractivity contribution in [2.75, 3.05) is 39.8 Å². The number of benzene rings is 1. The number of ether oxygens (including phenoxy) is 1. The van der Waals surface area contributed by atoms with Gasteiger partial charge < -0.3 is 25.2 Å². The van der Waals surface area contributed by atoms with Crippen LogP contribution in [-0.4, -0.2) is 67.7 Å². The molecule has 0 spiro atoms. The predicted octanol–water partition coefficient (Wildman–Crippen LogP) is 2.81. The maximum atomic E-state index is 11.8. The molecule has 0 saturated carbocycles. The molecule has 2 rings (SSSR count). The first-order valence-electron chi connectivity index (χ1n) is 10.8. The van der Waals surface area contributed by atoms with Crippen molar-refractivity contribution < 1.29 is 9.53 Å². The zero-order valence-corrected chi connectivity index (χ0v) is 18.4. The highest BCUT2D eigenvalue weighted by atomic mass is 16.6. The second kappa shape index (κ2) is 12.3. The monoisotopic (exact) mass is 403 g/mol. The second-order valence-electron chi connectivity index (χ2n) is 7.45. The highest BCUT2D eigenvalue weighted by molar-refractivity contribution is 5.80. The minimum atomic E-state index is -0.208. The van der Waals surface area contributed by atoms with Gasteiger partial charge in [0, 0.05) is 32.2 Å². The molecule has 29 heavy (non-hydrogen) atoms. The van der Waals surface area contributed by atoms with Crippen LogP contribution in [0, 0.1) is 0 Å². The van der Waals surface area contributed by atoms with Crippen LogP contribution >= 0.6 is 0 Å². The van der Waals surface area contributed by atoms with Gasteiger partial charge in [0.15, 0.2) is 5.96 Å². The van der Waals surface area contributed by atoms with E-state index in [1.54, 1.807) is 4.90 Å². The zero-order chi connectivity index (χ0) is 21.1. The van der Waals surface area contributed by atoms with Crippen LogP contribution < -0.4 is 10.6 Å². The van der Waals surface area contributed by atoms with E-state index in [1.165, 1.54) is 11.1 Å². The predicted molar refractivity (Wildman–Crippen MR) is 118 cm³/mol. The first-order chi connectivity index (χ1) is 14.0. The number of hydrogen-bond donors (Lipinski definition) is 2. The molecule has 1 amide bonds. The van der Waals surface area contributed by atoms with E-state index < -0.39 is 0 Å². The maximum absolute atomic E-state index is 11.8. The summed E-state index contributed by atoms with van der Waals surface area (Å²) in [6, 6.07) is 8.94. The number of aliphatic imine (C=N–C) groups is 1.